The van der Waals surface area contributed by atoms with Gasteiger partial charge in [0.2, 0.25) is 0 Å². The molecule has 1 fully saturated rings. The Bertz CT molecular complexity index is 1130. The van der Waals surface area contributed by atoms with Crippen LogP contribution in [0, 0.1) is 6.92 Å². The van der Waals surface area contributed by atoms with Gasteiger partial charge in [-0.15, -0.1) is 0 Å². The van der Waals surface area contributed by atoms with E-state index in [9.17, 15) is 9.59 Å². The fourth-order valence-corrected chi connectivity index (χ4v) is 4.08. The molecule has 0 aliphatic carbocycles. The van der Waals surface area contributed by atoms with Gasteiger partial charge in [0.1, 0.15) is 5.76 Å². The Morgan fingerprint density at radius 2 is 1.77 bits per heavy atom. The summed E-state index contributed by atoms with van der Waals surface area (Å²) in [7, 11) is 2.13. The van der Waals surface area contributed by atoms with Crippen LogP contribution in [0.15, 0.2) is 57.7 Å². The van der Waals surface area contributed by atoms with Gasteiger partial charge in [0.05, 0.1) is 10.9 Å². The summed E-state index contributed by atoms with van der Waals surface area (Å²) >= 11 is 0. The van der Waals surface area contributed by atoms with Crippen molar-refractivity contribution in [1.82, 2.24) is 15.1 Å². The fraction of sp³-hybridized carbons (Fsp3) is 0.360. The smallest absolute Gasteiger partial charge is 0.255 e. The zero-order valence-electron chi connectivity index (χ0n) is 18.4. The molecule has 3 aromatic rings. The average molecular weight is 420 g/mol. The first-order chi connectivity index (χ1) is 15.0. The number of nitrogens with one attached hydrogen (secondary N) is 1. The first kappa shape index (κ1) is 21.3. The lowest BCUT2D eigenvalue weighted by atomic mass is 10.0. The monoisotopic (exact) mass is 419 g/mol. The number of para-hydroxylation sites is 1. The Balaban J connectivity index is 1.61. The standard InChI is InChI=1S/C25H29N3O3/c1-17(28-14-12-27(3)13-15-28)16-26-25(30)21-11-7-10-20-22(29)18(2)23(31-24(20)21)19-8-5-4-6-9-19/h4-11,17H,12-16H2,1-3H3,(H,26,30). The van der Waals surface area contributed by atoms with Crippen molar-refractivity contribution in [2.24, 2.45) is 0 Å². The SMILES string of the molecule is Cc1c(-c2ccccc2)oc2c(C(=O)NCC(C)N3CCN(C)CC3)cccc2c1=O. The van der Waals surface area contributed by atoms with Crippen molar-refractivity contribution in [2.45, 2.75) is 19.9 Å². The van der Waals surface area contributed by atoms with Gasteiger partial charge in [-0.05, 0) is 33.0 Å². The van der Waals surface area contributed by atoms with Gasteiger partial charge >= 0.3 is 0 Å². The number of hydrogen-bond acceptors (Lipinski definition) is 5. The van der Waals surface area contributed by atoms with E-state index in [-0.39, 0.29) is 17.4 Å². The summed E-state index contributed by atoms with van der Waals surface area (Å²) in [6, 6.07) is 14.9. The molecule has 31 heavy (non-hydrogen) atoms. The molecule has 6 heteroatoms. The third-order valence-corrected chi connectivity index (χ3v) is 6.14. The number of carbonyl (C=O) groups is 1. The molecule has 6 nitrogen and oxygen atoms in total. The zero-order chi connectivity index (χ0) is 22.0. The van der Waals surface area contributed by atoms with Crippen LogP contribution in [0.4, 0.5) is 0 Å². The molecule has 4 rings (SSSR count). The van der Waals surface area contributed by atoms with Gasteiger partial charge in [-0.2, -0.15) is 0 Å². The predicted octanol–water partition coefficient (Wildman–Crippen LogP) is 3.13. The minimum atomic E-state index is -0.224. The fourth-order valence-electron chi connectivity index (χ4n) is 4.08. The third kappa shape index (κ3) is 4.40. The first-order valence-electron chi connectivity index (χ1n) is 10.8. The molecule has 1 atom stereocenters. The van der Waals surface area contributed by atoms with Crippen LogP contribution in [0.25, 0.3) is 22.3 Å². The molecular weight excluding hydrogens is 390 g/mol. The lowest BCUT2D eigenvalue weighted by molar-refractivity contribution is 0.0904. The molecule has 0 radical (unpaired) electrons. The Morgan fingerprint density at radius 3 is 2.48 bits per heavy atom. The summed E-state index contributed by atoms with van der Waals surface area (Å²) in [6.45, 7) is 8.50. The summed E-state index contributed by atoms with van der Waals surface area (Å²) < 4.78 is 6.17. The molecule has 1 aromatic heterocycles. The Kier molecular flexibility index (Phi) is 6.20. The van der Waals surface area contributed by atoms with Crippen molar-refractivity contribution in [3.05, 3.63) is 69.9 Å². The number of carbonyl (C=O) groups excluding carboxylic acids is 1. The van der Waals surface area contributed by atoms with Crippen molar-refractivity contribution < 1.29 is 9.21 Å². The number of hydrogen-bond donors (Lipinski definition) is 1. The summed E-state index contributed by atoms with van der Waals surface area (Å²) in [4.78, 5) is 30.7. The quantitative estimate of drug-likeness (QED) is 0.688. The Hall–Kier alpha value is -2.96. The first-order valence-corrected chi connectivity index (χ1v) is 10.8. The summed E-state index contributed by atoms with van der Waals surface area (Å²) in [5, 5.41) is 3.46. The Morgan fingerprint density at radius 1 is 1.06 bits per heavy atom. The zero-order valence-corrected chi connectivity index (χ0v) is 18.4. The summed E-state index contributed by atoms with van der Waals surface area (Å²) in [5.74, 6) is 0.279. The minimum absolute atomic E-state index is 0.111. The highest BCUT2D eigenvalue weighted by Crippen LogP contribution is 2.27. The van der Waals surface area contributed by atoms with Crippen LogP contribution in [0.2, 0.25) is 0 Å². The second kappa shape index (κ2) is 9.04. The van der Waals surface area contributed by atoms with Crippen molar-refractivity contribution in [1.29, 1.82) is 0 Å². The van der Waals surface area contributed by atoms with E-state index in [0.29, 0.717) is 34.4 Å². The molecule has 1 aliphatic heterocycles. The maximum Gasteiger partial charge on any atom is 0.255 e. The van der Waals surface area contributed by atoms with Crippen molar-refractivity contribution in [2.75, 3.05) is 39.8 Å². The lowest BCUT2D eigenvalue weighted by Gasteiger charge is -2.36. The number of piperazine rings is 1. The average Bonchev–Trinajstić information content (AvgIpc) is 2.80. The number of amides is 1. The van der Waals surface area contributed by atoms with E-state index in [1.54, 1.807) is 25.1 Å². The van der Waals surface area contributed by atoms with E-state index < -0.39 is 0 Å². The van der Waals surface area contributed by atoms with Gasteiger partial charge in [-0.3, -0.25) is 14.5 Å². The number of likely N-dealkylation sites (N-methyl/N-ethyl adjacent to an activating group) is 1. The van der Waals surface area contributed by atoms with E-state index in [4.69, 9.17) is 4.42 Å². The van der Waals surface area contributed by atoms with E-state index in [1.807, 2.05) is 30.3 Å². The summed E-state index contributed by atoms with van der Waals surface area (Å²) in [6.07, 6.45) is 0. The predicted molar refractivity (Wildman–Crippen MR) is 124 cm³/mol. The van der Waals surface area contributed by atoms with Crippen LogP contribution in [0.5, 0.6) is 0 Å². The molecule has 162 valence electrons. The highest BCUT2D eigenvalue weighted by molar-refractivity contribution is 6.05. The van der Waals surface area contributed by atoms with Crippen LogP contribution >= 0.6 is 0 Å². The largest absolute Gasteiger partial charge is 0.455 e. The van der Waals surface area contributed by atoms with E-state index in [1.165, 1.54) is 0 Å². The molecule has 2 heterocycles. The van der Waals surface area contributed by atoms with E-state index in [2.05, 4.69) is 29.1 Å². The molecule has 2 aromatic carbocycles. The van der Waals surface area contributed by atoms with Crippen LogP contribution in [-0.4, -0.2) is 61.5 Å². The van der Waals surface area contributed by atoms with Crippen molar-refractivity contribution in [3.63, 3.8) is 0 Å². The molecule has 0 bridgehead atoms. The molecule has 1 unspecified atom stereocenters. The normalized spacial score (nSPS) is 16.4. The molecule has 1 N–H and O–H groups in total. The van der Waals surface area contributed by atoms with Gasteiger partial charge in [0, 0.05) is 49.9 Å². The van der Waals surface area contributed by atoms with Gasteiger partial charge in [-0.1, -0.05) is 36.4 Å². The second-order valence-corrected chi connectivity index (χ2v) is 8.33. The minimum Gasteiger partial charge on any atom is -0.455 e. The highest BCUT2D eigenvalue weighted by Gasteiger charge is 2.21. The van der Waals surface area contributed by atoms with Gasteiger partial charge in [0.25, 0.3) is 5.91 Å². The van der Waals surface area contributed by atoms with Gasteiger partial charge in [-0.25, -0.2) is 0 Å². The second-order valence-electron chi connectivity index (χ2n) is 8.33. The molecule has 1 saturated heterocycles. The van der Waals surface area contributed by atoms with E-state index >= 15 is 0 Å². The number of nitrogens with zero attached hydrogens (tertiary/aromatic N) is 2. The van der Waals surface area contributed by atoms with E-state index in [0.717, 1.165) is 31.7 Å². The lowest BCUT2D eigenvalue weighted by Crippen LogP contribution is -2.51. The van der Waals surface area contributed by atoms with Gasteiger partial charge < -0.3 is 14.6 Å². The summed E-state index contributed by atoms with van der Waals surface area (Å²) in [5.41, 5.74) is 1.97. The number of benzene rings is 2. The van der Waals surface area contributed by atoms with Crippen molar-refractivity contribution in [3.8, 4) is 11.3 Å². The number of rotatable bonds is 5. The van der Waals surface area contributed by atoms with Crippen LogP contribution in [0.3, 0.4) is 0 Å². The van der Waals surface area contributed by atoms with Crippen LogP contribution in [0.1, 0.15) is 22.8 Å². The number of fused-ring (bicyclic) bond motifs is 1. The molecule has 1 amide bonds. The topological polar surface area (TPSA) is 65.8 Å². The van der Waals surface area contributed by atoms with Crippen molar-refractivity contribution >= 4 is 16.9 Å². The maximum atomic E-state index is 13.0. The Labute approximate surface area is 182 Å². The highest BCUT2D eigenvalue weighted by atomic mass is 16.3. The van der Waals surface area contributed by atoms with Gasteiger partial charge in [0.15, 0.2) is 11.0 Å². The molecule has 0 saturated carbocycles. The van der Waals surface area contributed by atoms with Crippen LogP contribution < -0.4 is 10.7 Å². The maximum absolute atomic E-state index is 13.0. The van der Waals surface area contributed by atoms with Crippen LogP contribution in [-0.2, 0) is 0 Å². The third-order valence-electron chi connectivity index (χ3n) is 6.14. The molecular formula is C25H29N3O3. The molecule has 0 spiro atoms. The molecule has 1 aliphatic rings.